The van der Waals surface area contributed by atoms with Gasteiger partial charge in [0.2, 0.25) is 0 Å². The molecule has 1 aromatic carbocycles. The number of pyridine rings is 1. The number of rotatable bonds is 5. The lowest BCUT2D eigenvalue weighted by Crippen LogP contribution is -2.25. The fourth-order valence-corrected chi connectivity index (χ4v) is 2.77. The highest BCUT2D eigenvalue weighted by molar-refractivity contribution is 5.89. The Labute approximate surface area is 159 Å². The highest BCUT2D eigenvalue weighted by Gasteiger charge is 2.17. The number of nitrogens with zero attached hydrogens (tertiary/aromatic N) is 5. The number of benzene rings is 1. The van der Waals surface area contributed by atoms with Crippen molar-refractivity contribution in [2.24, 2.45) is 0 Å². The molecule has 0 radical (unpaired) electrons. The summed E-state index contributed by atoms with van der Waals surface area (Å²) in [6.07, 6.45) is 1.64. The molecule has 0 spiro atoms. The average molecular weight is 376 g/mol. The molecule has 4 aromatic rings. The van der Waals surface area contributed by atoms with E-state index in [1.54, 1.807) is 43.5 Å². The van der Waals surface area contributed by atoms with Crippen LogP contribution in [0.2, 0.25) is 0 Å². The number of amides is 1. The lowest BCUT2D eigenvalue weighted by Gasteiger charge is -2.08. The van der Waals surface area contributed by atoms with Crippen LogP contribution >= 0.6 is 0 Å². The molecular weight excluding hydrogens is 360 g/mol. The fourth-order valence-electron chi connectivity index (χ4n) is 2.77. The summed E-state index contributed by atoms with van der Waals surface area (Å²) in [4.78, 5) is 37.5. The number of nitrogens with one attached hydrogen (secondary N) is 1. The van der Waals surface area contributed by atoms with Gasteiger partial charge in [-0.2, -0.15) is 4.98 Å². The minimum atomic E-state index is -0.509. The van der Waals surface area contributed by atoms with Gasteiger partial charge in [0.15, 0.2) is 5.82 Å². The number of fused-ring (bicyclic) bond motifs is 1. The summed E-state index contributed by atoms with van der Waals surface area (Å²) >= 11 is 0. The van der Waals surface area contributed by atoms with Crippen LogP contribution in [0.3, 0.4) is 0 Å². The topological polar surface area (TPSA) is 116 Å². The summed E-state index contributed by atoms with van der Waals surface area (Å²) < 4.78 is 6.47. The van der Waals surface area contributed by atoms with Gasteiger partial charge in [-0.25, -0.2) is 4.98 Å². The molecule has 0 unspecified atom stereocenters. The number of carbonyl (C=O) groups is 1. The van der Waals surface area contributed by atoms with Crippen molar-refractivity contribution in [1.82, 2.24) is 30.0 Å². The summed E-state index contributed by atoms with van der Waals surface area (Å²) in [5, 5.41) is 6.97. The fraction of sp³-hybridized carbons (Fsp3) is 0.158. The third kappa shape index (κ3) is 3.50. The Balaban J connectivity index is 1.51. The molecule has 0 saturated heterocycles. The molecule has 4 rings (SSSR count). The van der Waals surface area contributed by atoms with Crippen LogP contribution in [0.5, 0.6) is 0 Å². The zero-order valence-electron chi connectivity index (χ0n) is 15.0. The first-order valence-electron chi connectivity index (χ1n) is 8.58. The third-order valence-electron chi connectivity index (χ3n) is 4.17. The maximum Gasteiger partial charge on any atom is 0.316 e. The molecule has 0 aliphatic rings. The molecule has 0 bridgehead atoms. The van der Waals surface area contributed by atoms with Crippen LogP contribution in [0.4, 0.5) is 0 Å². The van der Waals surface area contributed by atoms with Crippen molar-refractivity contribution in [2.45, 2.75) is 20.0 Å². The van der Waals surface area contributed by atoms with Crippen molar-refractivity contribution in [1.29, 1.82) is 0 Å². The van der Waals surface area contributed by atoms with Gasteiger partial charge in [-0.3, -0.25) is 19.1 Å². The minimum Gasteiger partial charge on any atom is -0.342 e. The van der Waals surface area contributed by atoms with Crippen molar-refractivity contribution >= 4 is 16.8 Å². The van der Waals surface area contributed by atoms with Crippen LogP contribution in [-0.4, -0.2) is 30.6 Å². The van der Waals surface area contributed by atoms with E-state index in [1.807, 2.05) is 12.1 Å². The standard InChI is InChI=1S/C19H16N6O3/c1-12-22-15-8-3-2-7-14(15)19(27)25(12)11-16-23-18(28-24-16)17(26)21-10-13-6-4-5-9-20-13/h2-9H,10-11H2,1H3,(H,21,26). The van der Waals surface area contributed by atoms with Gasteiger partial charge in [-0.05, 0) is 31.2 Å². The minimum absolute atomic E-state index is 0.0551. The number of para-hydroxylation sites is 1. The van der Waals surface area contributed by atoms with Crippen LogP contribution in [0.25, 0.3) is 10.9 Å². The molecule has 28 heavy (non-hydrogen) atoms. The first-order valence-corrected chi connectivity index (χ1v) is 8.58. The maximum atomic E-state index is 12.7. The smallest absolute Gasteiger partial charge is 0.316 e. The first-order chi connectivity index (χ1) is 13.6. The molecule has 0 atom stereocenters. The van der Waals surface area contributed by atoms with Gasteiger partial charge in [0.1, 0.15) is 5.82 Å². The monoisotopic (exact) mass is 376 g/mol. The molecule has 140 valence electrons. The molecule has 0 aliphatic carbocycles. The number of hydrogen-bond acceptors (Lipinski definition) is 7. The first kappa shape index (κ1) is 17.5. The Morgan fingerprint density at radius 1 is 1.14 bits per heavy atom. The maximum absolute atomic E-state index is 12.7. The van der Waals surface area contributed by atoms with Crippen molar-refractivity contribution in [3.8, 4) is 0 Å². The van der Waals surface area contributed by atoms with E-state index in [4.69, 9.17) is 4.52 Å². The molecule has 9 nitrogen and oxygen atoms in total. The van der Waals surface area contributed by atoms with E-state index in [-0.39, 0.29) is 30.4 Å². The third-order valence-corrected chi connectivity index (χ3v) is 4.17. The van der Waals surface area contributed by atoms with E-state index in [2.05, 4.69) is 25.4 Å². The van der Waals surface area contributed by atoms with Gasteiger partial charge in [-0.1, -0.05) is 23.4 Å². The average Bonchev–Trinajstić information content (AvgIpc) is 3.19. The van der Waals surface area contributed by atoms with Crippen molar-refractivity contribution in [3.05, 3.63) is 82.2 Å². The number of carbonyl (C=O) groups excluding carboxylic acids is 1. The largest absolute Gasteiger partial charge is 0.342 e. The van der Waals surface area contributed by atoms with E-state index in [0.717, 1.165) is 0 Å². The molecular formula is C19H16N6O3. The molecule has 1 amide bonds. The van der Waals surface area contributed by atoms with Crippen LogP contribution in [0.15, 0.2) is 58.0 Å². The van der Waals surface area contributed by atoms with E-state index >= 15 is 0 Å². The second-order valence-electron chi connectivity index (χ2n) is 6.09. The van der Waals surface area contributed by atoms with Crippen LogP contribution in [0, 0.1) is 6.92 Å². The van der Waals surface area contributed by atoms with E-state index in [0.29, 0.717) is 22.4 Å². The van der Waals surface area contributed by atoms with Crippen molar-refractivity contribution in [2.75, 3.05) is 0 Å². The zero-order chi connectivity index (χ0) is 19.5. The molecule has 0 saturated carbocycles. The summed E-state index contributed by atoms with van der Waals surface area (Å²) in [5.41, 5.74) is 1.14. The van der Waals surface area contributed by atoms with Crippen molar-refractivity contribution < 1.29 is 9.32 Å². The quantitative estimate of drug-likeness (QED) is 0.560. The van der Waals surface area contributed by atoms with Gasteiger partial charge in [0.25, 0.3) is 5.56 Å². The second-order valence-corrected chi connectivity index (χ2v) is 6.09. The highest BCUT2D eigenvalue weighted by Crippen LogP contribution is 2.08. The van der Waals surface area contributed by atoms with Crippen LogP contribution in [-0.2, 0) is 13.1 Å². The summed E-state index contributed by atoms with van der Waals surface area (Å²) in [6, 6.07) is 12.5. The Kier molecular flexibility index (Phi) is 4.63. The van der Waals surface area contributed by atoms with E-state index < -0.39 is 5.91 Å². The van der Waals surface area contributed by atoms with Gasteiger partial charge in [-0.15, -0.1) is 0 Å². The Morgan fingerprint density at radius 3 is 2.79 bits per heavy atom. The second kappa shape index (κ2) is 7.39. The Hall–Kier alpha value is -3.88. The summed E-state index contributed by atoms with van der Waals surface area (Å²) in [7, 11) is 0. The predicted octanol–water partition coefficient (Wildman–Crippen LogP) is 1.46. The lowest BCUT2D eigenvalue weighted by molar-refractivity contribution is 0.0906. The molecule has 0 aliphatic heterocycles. The highest BCUT2D eigenvalue weighted by atomic mass is 16.5. The molecule has 9 heteroatoms. The van der Waals surface area contributed by atoms with Gasteiger partial charge in [0, 0.05) is 6.20 Å². The van der Waals surface area contributed by atoms with Gasteiger partial charge in [0.05, 0.1) is 29.7 Å². The van der Waals surface area contributed by atoms with E-state index in [1.165, 1.54) is 4.57 Å². The number of aromatic nitrogens is 5. The SMILES string of the molecule is Cc1nc2ccccc2c(=O)n1Cc1noc(C(=O)NCc2ccccn2)n1. The lowest BCUT2D eigenvalue weighted by atomic mass is 10.2. The molecule has 1 N–H and O–H groups in total. The molecule has 3 heterocycles. The van der Waals surface area contributed by atoms with Crippen LogP contribution < -0.4 is 10.9 Å². The summed E-state index contributed by atoms with van der Waals surface area (Å²) in [5.74, 6) is 0.0513. The summed E-state index contributed by atoms with van der Waals surface area (Å²) in [6.45, 7) is 2.03. The molecule has 3 aromatic heterocycles. The van der Waals surface area contributed by atoms with Gasteiger partial charge >= 0.3 is 11.8 Å². The number of aryl methyl sites for hydroxylation is 1. The Bertz CT molecular complexity index is 1200. The van der Waals surface area contributed by atoms with E-state index in [9.17, 15) is 9.59 Å². The molecule has 0 fully saturated rings. The normalized spacial score (nSPS) is 10.9. The Morgan fingerprint density at radius 2 is 1.96 bits per heavy atom. The van der Waals surface area contributed by atoms with Crippen molar-refractivity contribution in [3.63, 3.8) is 0 Å². The zero-order valence-corrected chi connectivity index (χ0v) is 15.0. The number of hydrogen-bond donors (Lipinski definition) is 1. The van der Waals surface area contributed by atoms with Gasteiger partial charge < -0.3 is 9.84 Å². The predicted molar refractivity (Wildman–Crippen MR) is 99.5 cm³/mol. The van der Waals surface area contributed by atoms with Crippen LogP contribution in [0.1, 0.15) is 28.0 Å².